The van der Waals surface area contributed by atoms with Gasteiger partial charge < -0.3 is 10.5 Å². The average Bonchev–Trinajstić information content (AvgIpc) is 3.00. The summed E-state index contributed by atoms with van der Waals surface area (Å²) in [4.78, 5) is 4.04. The van der Waals surface area contributed by atoms with Crippen molar-refractivity contribution >= 4 is 5.82 Å². The van der Waals surface area contributed by atoms with Gasteiger partial charge in [-0.25, -0.2) is 14.1 Å². The van der Waals surface area contributed by atoms with Crippen LogP contribution in [0.1, 0.15) is 29.4 Å². The Morgan fingerprint density at radius 3 is 2.73 bits per heavy atom. The second-order valence-corrected chi connectivity index (χ2v) is 6.21. The molecular formula is C20H17FN4O. The third-order valence-corrected chi connectivity index (χ3v) is 4.27. The zero-order valence-electron chi connectivity index (χ0n) is 14.2. The van der Waals surface area contributed by atoms with Gasteiger partial charge in [0.15, 0.2) is 0 Å². The Bertz CT molecular complexity index is 997. The van der Waals surface area contributed by atoms with Crippen molar-refractivity contribution in [1.29, 1.82) is 0 Å². The molecule has 0 saturated carbocycles. The number of anilines is 1. The molecule has 0 spiro atoms. The number of benzene rings is 1. The van der Waals surface area contributed by atoms with E-state index in [9.17, 15) is 4.39 Å². The zero-order valence-corrected chi connectivity index (χ0v) is 14.2. The maximum absolute atomic E-state index is 13.3. The minimum absolute atomic E-state index is 0.0977. The molecule has 0 saturated heterocycles. The van der Waals surface area contributed by atoms with Crippen LogP contribution in [0.5, 0.6) is 0 Å². The number of nitrogens with zero attached hydrogens (tertiary/aromatic N) is 3. The SMILES string of the molecule is C[C@H]1Cc2c(c(C#Cc3ccc(N)nc3)nn2-c2ccc(F)cc2)CO1. The number of fused-ring (bicyclic) bond motifs is 1. The van der Waals surface area contributed by atoms with Crippen LogP contribution < -0.4 is 5.73 Å². The summed E-state index contributed by atoms with van der Waals surface area (Å²) in [5.74, 6) is 6.35. The lowest BCUT2D eigenvalue weighted by Gasteiger charge is -2.20. The Kier molecular flexibility index (Phi) is 4.15. The summed E-state index contributed by atoms with van der Waals surface area (Å²) in [6.07, 6.45) is 2.45. The van der Waals surface area contributed by atoms with E-state index in [1.165, 1.54) is 12.1 Å². The van der Waals surface area contributed by atoms with Crippen molar-refractivity contribution in [1.82, 2.24) is 14.8 Å². The maximum Gasteiger partial charge on any atom is 0.141 e. The average molecular weight is 348 g/mol. The van der Waals surface area contributed by atoms with E-state index in [0.717, 1.165) is 28.9 Å². The molecule has 4 rings (SSSR count). The Balaban J connectivity index is 1.77. The van der Waals surface area contributed by atoms with E-state index in [2.05, 4.69) is 21.9 Å². The van der Waals surface area contributed by atoms with Crippen molar-refractivity contribution in [3.05, 3.63) is 70.9 Å². The molecule has 0 aliphatic carbocycles. The largest absolute Gasteiger partial charge is 0.384 e. The lowest BCUT2D eigenvalue weighted by molar-refractivity contribution is 0.0397. The summed E-state index contributed by atoms with van der Waals surface area (Å²) in [6.45, 7) is 2.48. The number of nitrogens with two attached hydrogens (primary N) is 1. The molecule has 5 nitrogen and oxygen atoms in total. The van der Waals surface area contributed by atoms with Crippen molar-refractivity contribution in [2.24, 2.45) is 0 Å². The fourth-order valence-electron chi connectivity index (χ4n) is 2.91. The summed E-state index contributed by atoms with van der Waals surface area (Å²) in [7, 11) is 0. The number of aromatic nitrogens is 3. The number of ether oxygens (including phenoxy) is 1. The van der Waals surface area contributed by atoms with E-state index in [1.54, 1.807) is 24.4 Å². The maximum atomic E-state index is 13.3. The predicted octanol–water partition coefficient (Wildman–Crippen LogP) is 2.85. The second-order valence-electron chi connectivity index (χ2n) is 6.21. The first-order valence-corrected chi connectivity index (χ1v) is 8.32. The third kappa shape index (κ3) is 3.17. The number of hydrogen-bond donors (Lipinski definition) is 1. The summed E-state index contributed by atoms with van der Waals surface area (Å²) in [6, 6.07) is 9.81. The van der Waals surface area contributed by atoms with Crippen LogP contribution in [-0.4, -0.2) is 20.9 Å². The minimum atomic E-state index is -0.276. The van der Waals surface area contributed by atoms with Crippen LogP contribution in [0.2, 0.25) is 0 Å². The minimum Gasteiger partial charge on any atom is -0.384 e. The van der Waals surface area contributed by atoms with Gasteiger partial charge in [0.25, 0.3) is 0 Å². The van der Waals surface area contributed by atoms with Crippen molar-refractivity contribution in [3.8, 4) is 17.5 Å². The molecule has 2 aromatic heterocycles. The monoisotopic (exact) mass is 348 g/mol. The fourth-order valence-corrected chi connectivity index (χ4v) is 2.91. The molecule has 3 aromatic rings. The highest BCUT2D eigenvalue weighted by Gasteiger charge is 2.24. The topological polar surface area (TPSA) is 66.0 Å². The fraction of sp³-hybridized carbons (Fsp3) is 0.200. The van der Waals surface area contributed by atoms with E-state index in [0.29, 0.717) is 18.1 Å². The quantitative estimate of drug-likeness (QED) is 0.687. The van der Waals surface area contributed by atoms with Gasteiger partial charge in [0.1, 0.15) is 17.3 Å². The molecule has 0 amide bonds. The molecule has 1 aromatic carbocycles. The first kappa shape index (κ1) is 16.3. The summed E-state index contributed by atoms with van der Waals surface area (Å²) in [5.41, 5.74) is 9.85. The van der Waals surface area contributed by atoms with E-state index in [4.69, 9.17) is 10.5 Å². The van der Waals surface area contributed by atoms with Crippen LogP contribution in [0.4, 0.5) is 10.2 Å². The van der Waals surface area contributed by atoms with Gasteiger partial charge in [-0.15, -0.1) is 0 Å². The number of pyridine rings is 1. The van der Waals surface area contributed by atoms with Gasteiger partial charge in [0.05, 0.1) is 24.1 Å². The first-order chi connectivity index (χ1) is 12.6. The Labute approximate surface area is 150 Å². The molecule has 0 bridgehead atoms. The van der Waals surface area contributed by atoms with Crippen LogP contribution >= 0.6 is 0 Å². The van der Waals surface area contributed by atoms with E-state index in [1.807, 2.05) is 17.7 Å². The summed E-state index contributed by atoms with van der Waals surface area (Å²) >= 11 is 0. The van der Waals surface area contributed by atoms with Crippen molar-refractivity contribution < 1.29 is 9.13 Å². The lowest BCUT2D eigenvalue weighted by atomic mass is 10.1. The van der Waals surface area contributed by atoms with E-state index < -0.39 is 0 Å². The van der Waals surface area contributed by atoms with Crippen LogP contribution in [0.25, 0.3) is 5.69 Å². The standard InChI is InChI=1S/C20H17FN4O/c1-13-10-19-17(12-26-13)18(8-2-14-3-9-20(22)23-11-14)24-25(19)16-6-4-15(21)5-7-16/h3-7,9,11,13H,10,12H2,1H3,(H2,22,23)/t13-/m0/s1. The smallest absolute Gasteiger partial charge is 0.141 e. The summed E-state index contributed by atoms with van der Waals surface area (Å²) < 4.78 is 20.9. The van der Waals surface area contributed by atoms with Crippen LogP contribution in [-0.2, 0) is 17.8 Å². The zero-order chi connectivity index (χ0) is 18.1. The molecule has 1 aliphatic rings. The Morgan fingerprint density at radius 2 is 2.00 bits per heavy atom. The van der Waals surface area contributed by atoms with Gasteiger partial charge in [0, 0.05) is 23.7 Å². The molecule has 0 radical (unpaired) electrons. The number of hydrogen-bond acceptors (Lipinski definition) is 4. The normalized spacial score (nSPS) is 15.8. The molecule has 6 heteroatoms. The van der Waals surface area contributed by atoms with Gasteiger partial charge in [-0.2, -0.15) is 5.10 Å². The predicted molar refractivity (Wildman–Crippen MR) is 96.1 cm³/mol. The van der Waals surface area contributed by atoms with Gasteiger partial charge in [0.2, 0.25) is 0 Å². The van der Waals surface area contributed by atoms with Crippen molar-refractivity contribution in [2.45, 2.75) is 26.1 Å². The molecule has 1 atom stereocenters. The van der Waals surface area contributed by atoms with Crippen LogP contribution in [0.15, 0.2) is 42.6 Å². The van der Waals surface area contributed by atoms with Gasteiger partial charge in [-0.3, -0.25) is 0 Å². The summed E-state index contributed by atoms with van der Waals surface area (Å²) in [5, 5.41) is 4.65. The van der Waals surface area contributed by atoms with Gasteiger partial charge in [-0.1, -0.05) is 5.92 Å². The molecular weight excluding hydrogens is 331 g/mol. The number of rotatable bonds is 1. The van der Waals surface area contributed by atoms with E-state index >= 15 is 0 Å². The van der Waals surface area contributed by atoms with E-state index in [-0.39, 0.29) is 11.9 Å². The van der Waals surface area contributed by atoms with Crippen molar-refractivity contribution in [3.63, 3.8) is 0 Å². The van der Waals surface area contributed by atoms with Gasteiger partial charge >= 0.3 is 0 Å². The molecule has 3 heterocycles. The Hall–Kier alpha value is -3.17. The Morgan fingerprint density at radius 1 is 1.19 bits per heavy atom. The lowest BCUT2D eigenvalue weighted by Crippen LogP contribution is -2.21. The highest BCUT2D eigenvalue weighted by molar-refractivity contribution is 5.48. The molecule has 0 fully saturated rings. The second kappa shape index (κ2) is 6.62. The van der Waals surface area contributed by atoms with Crippen LogP contribution in [0.3, 0.4) is 0 Å². The molecule has 130 valence electrons. The molecule has 26 heavy (non-hydrogen) atoms. The highest BCUT2D eigenvalue weighted by atomic mass is 19.1. The van der Waals surface area contributed by atoms with Crippen molar-refractivity contribution in [2.75, 3.05) is 5.73 Å². The number of halogens is 1. The first-order valence-electron chi connectivity index (χ1n) is 8.32. The molecule has 0 unspecified atom stereocenters. The van der Waals surface area contributed by atoms with Gasteiger partial charge in [-0.05, 0) is 49.2 Å². The third-order valence-electron chi connectivity index (χ3n) is 4.27. The number of nitrogen functional groups attached to an aromatic ring is 1. The highest BCUT2D eigenvalue weighted by Crippen LogP contribution is 2.26. The molecule has 1 aliphatic heterocycles. The van der Waals surface area contributed by atoms with Crippen LogP contribution in [0, 0.1) is 17.7 Å². The molecule has 2 N–H and O–H groups in total.